The monoisotopic (exact) mass is 454 g/mol. The number of hydrogen-bond donors (Lipinski definition) is 0. The van der Waals surface area contributed by atoms with Crippen molar-refractivity contribution in [3.8, 4) is 0 Å². The summed E-state index contributed by atoms with van der Waals surface area (Å²) < 4.78 is 0. The van der Waals surface area contributed by atoms with Crippen molar-refractivity contribution in [3.05, 3.63) is 0 Å². The van der Waals surface area contributed by atoms with Crippen LogP contribution >= 0.6 is 0 Å². The maximum absolute atomic E-state index is 0. The van der Waals surface area contributed by atoms with Crippen LogP contribution in [0.5, 0.6) is 0 Å². The van der Waals surface area contributed by atoms with Crippen molar-refractivity contribution in [1.29, 1.82) is 0 Å². The zero-order valence-electron chi connectivity index (χ0n) is 2.08. The van der Waals surface area contributed by atoms with Gasteiger partial charge in [0, 0.05) is 121 Å². The minimum Gasteiger partial charge on any atom is 0 e. The Morgan fingerprint density at radius 1 is 0.333 bits per heavy atom. The molecule has 0 N–H and O–H groups in total. The fourth-order valence-corrected chi connectivity index (χ4v) is 0. The molecule has 0 atom stereocenters. The normalized spacial score (nSPS) is 0. The molecular formula is Cu5La. The molecule has 6 radical (unpaired) electrons. The van der Waals surface area contributed by atoms with Crippen LogP contribution < -0.4 is 0 Å². The van der Waals surface area contributed by atoms with E-state index < -0.39 is 0 Å². The van der Waals surface area contributed by atoms with Crippen molar-refractivity contribution in [3.63, 3.8) is 0 Å². The second-order valence-electron chi connectivity index (χ2n) is 0. The first kappa shape index (κ1) is 52.6. The molecule has 0 aliphatic rings. The van der Waals surface area contributed by atoms with Crippen molar-refractivity contribution in [1.82, 2.24) is 0 Å². The van der Waals surface area contributed by atoms with E-state index >= 15 is 0 Å². The summed E-state index contributed by atoms with van der Waals surface area (Å²) in [5.74, 6) is 0. The minimum atomic E-state index is 0. The standard InChI is InChI=1S/5Cu.La. The molecule has 0 heterocycles. The van der Waals surface area contributed by atoms with Crippen molar-refractivity contribution < 1.29 is 121 Å². The smallest absolute Gasteiger partial charge is 0 e. The maximum atomic E-state index is 0. The van der Waals surface area contributed by atoms with Gasteiger partial charge in [0.2, 0.25) is 0 Å². The van der Waals surface area contributed by atoms with Crippen LogP contribution in [0, 0.1) is 35.6 Å². The molecular weight excluding hydrogens is 457 g/mol. The van der Waals surface area contributed by atoms with Gasteiger partial charge in [-0.3, -0.25) is 0 Å². The van der Waals surface area contributed by atoms with Crippen molar-refractivity contribution >= 4 is 0 Å². The summed E-state index contributed by atoms with van der Waals surface area (Å²) in [6.45, 7) is 0. The molecule has 0 aliphatic heterocycles. The van der Waals surface area contributed by atoms with Crippen molar-refractivity contribution in [2.45, 2.75) is 0 Å². The van der Waals surface area contributed by atoms with E-state index in [9.17, 15) is 0 Å². The predicted octanol–water partition coefficient (Wildman–Crippen LogP) is -0.0125. The van der Waals surface area contributed by atoms with E-state index in [0.717, 1.165) is 0 Å². The largest absolute Gasteiger partial charge is 0 e. The second kappa shape index (κ2) is 37.1. The Labute approximate surface area is 118 Å². The molecule has 0 aliphatic carbocycles. The van der Waals surface area contributed by atoms with E-state index in [0.29, 0.717) is 0 Å². The summed E-state index contributed by atoms with van der Waals surface area (Å²) >= 11 is 0. The van der Waals surface area contributed by atoms with E-state index in [1.54, 1.807) is 0 Å². The first-order valence-electron chi connectivity index (χ1n) is 0. The summed E-state index contributed by atoms with van der Waals surface area (Å²) in [5, 5.41) is 0. The zero-order valence-corrected chi connectivity index (χ0v) is 10.4. The van der Waals surface area contributed by atoms with Crippen LogP contribution in [0.3, 0.4) is 0 Å². The molecule has 0 fully saturated rings. The summed E-state index contributed by atoms with van der Waals surface area (Å²) in [4.78, 5) is 0. The predicted molar refractivity (Wildman–Crippen MR) is 0 cm³/mol. The number of hydrogen-bond acceptors (Lipinski definition) is 0. The molecule has 0 spiro atoms. The van der Waals surface area contributed by atoms with Gasteiger partial charge in [-0.1, -0.05) is 0 Å². The Morgan fingerprint density at radius 2 is 0.333 bits per heavy atom. The zero-order chi connectivity index (χ0) is 0. The fraction of sp³-hybridized carbons (Fsp3) is 0. The molecule has 0 aromatic carbocycles. The molecule has 0 bridgehead atoms. The topological polar surface area (TPSA) is 0 Å². The molecule has 58 valence electrons. The quantitative estimate of drug-likeness (QED) is 0.450. The van der Waals surface area contributed by atoms with Gasteiger partial charge >= 0.3 is 0 Å². The molecule has 0 saturated carbocycles. The average molecular weight is 457 g/mol. The van der Waals surface area contributed by atoms with Gasteiger partial charge < -0.3 is 0 Å². The van der Waals surface area contributed by atoms with Gasteiger partial charge in [0.15, 0.2) is 0 Å². The SMILES string of the molecule is [Cu].[Cu].[Cu].[Cu].[Cu].[La]. The Bertz CT molecular complexity index is 3.90. The van der Waals surface area contributed by atoms with Crippen LogP contribution in [0.25, 0.3) is 0 Å². The Morgan fingerprint density at radius 3 is 0.333 bits per heavy atom. The van der Waals surface area contributed by atoms with Crippen LogP contribution in [0.2, 0.25) is 0 Å². The number of rotatable bonds is 0. The van der Waals surface area contributed by atoms with Gasteiger partial charge in [-0.2, -0.15) is 0 Å². The van der Waals surface area contributed by atoms with Gasteiger partial charge in [0.1, 0.15) is 0 Å². The minimum absolute atomic E-state index is 0. The van der Waals surface area contributed by atoms with Crippen LogP contribution in [-0.4, -0.2) is 0 Å². The third-order valence-corrected chi connectivity index (χ3v) is 0. The van der Waals surface area contributed by atoms with E-state index in [2.05, 4.69) is 0 Å². The third-order valence-electron chi connectivity index (χ3n) is 0. The van der Waals surface area contributed by atoms with Crippen LogP contribution in [0.15, 0.2) is 0 Å². The van der Waals surface area contributed by atoms with Gasteiger partial charge in [-0.15, -0.1) is 0 Å². The fourth-order valence-electron chi connectivity index (χ4n) is 0. The second-order valence-corrected chi connectivity index (χ2v) is 0. The summed E-state index contributed by atoms with van der Waals surface area (Å²) in [6, 6.07) is 0. The molecule has 0 unspecified atom stereocenters. The molecule has 0 aromatic rings. The molecule has 0 aromatic heterocycles. The molecule has 0 rings (SSSR count). The molecule has 6 heteroatoms. The summed E-state index contributed by atoms with van der Waals surface area (Å²) in [7, 11) is 0. The van der Waals surface area contributed by atoms with E-state index in [1.165, 1.54) is 0 Å². The van der Waals surface area contributed by atoms with Gasteiger partial charge in [-0.05, 0) is 0 Å². The van der Waals surface area contributed by atoms with Gasteiger partial charge in [0.05, 0.1) is 0 Å². The van der Waals surface area contributed by atoms with Gasteiger partial charge in [-0.25, -0.2) is 0 Å². The third kappa shape index (κ3) is 25.0. The average Bonchev–Trinajstić information content (AvgIpc) is 0. The van der Waals surface area contributed by atoms with Crippen LogP contribution in [-0.2, 0) is 85.3 Å². The molecule has 6 heavy (non-hydrogen) atoms. The van der Waals surface area contributed by atoms with Gasteiger partial charge in [0.25, 0.3) is 0 Å². The van der Waals surface area contributed by atoms with Crippen molar-refractivity contribution in [2.24, 2.45) is 0 Å². The first-order chi connectivity index (χ1) is 0. The Hall–Kier alpha value is 3.79. The molecule has 0 amide bonds. The van der Waals surface area contributed by atoms with Crippen LogP contribution in [0.4, 0.5) is 0 Å². The molecule has 0 nitrogen and oxygen atoms in total. The maximum Gasteiger partial charge on any atom is 0 e. The Kier molecular flexibility index (Phi) is 326. The van der Waals surface area contributed by atoms with E-state index in [-0.39, 0.29) is 121 Å². The summed E-state index contributed by atoms with van der Waals surface area (Å²) in [6.07, 6.45) is 0. The van der Waals surface area contributed by atoms with E-state index in [1.807, 2.05) is 0 Å². The first-order valence-corrected chi connectivity index (χ1v) is 0. The van der Waals surface area contributed by atoms with Crippen molar-refractivity contribution in [2.75, 3.05) is 0 Å². The summed E-state index contributed by atoms with van der Waals surface area (Å²) in [5.41, 5.74) is 0. The molecule has 0 saturated heterocycles. The van der Waals surface area contributed by atoms with E-state index in [4.69, 9.17) is 0 Å². The Balaban J connectivity index is 0. The van der Waals surface area contributed by atoms with Crippen LogP contribution in [0.1, 0.15) is 0 Å².